The van der Waals surface area contributed by atoms with Gasteiger partial charge in [-0.15, -0.1) is 0 Å². The first-order valence-electron chi connectivity index (χ1n) is 12.7. The summed E-state index contributed by atoms with van der Waals surface area (Å²) in [5.74, 6) is -0.450. The minimum Gasteiger partial charge on any atom is -0.465 e. The van der Waals surface area contributed by atoms with E-state index in [1.54, 1.807) is 0 Å². The molecule has 2 heterocycles. The molecule has 2 aromatic carbocycles. The Morgan fingerprint density at radius 1 is 1.08 bits per heavy atom. The number of carbonyl (C=O) groups is 2. The van der Waals surface area contributed by atoms with Crippen molar-refractivity contribution in [3.63, 3.8) is 0 Å². The number of rotatable bonds is 8. The molecule has 1 fully saturated rings. The second kappa shape index (κ2) is 12.2. The molecule has 0 bridgehead atoms. The zero-order valence-electron chi connectivity index (χ0n) is 22.2. The molecule has 0 saturated carbocycles. The first-order chi connectivity index (χ1) is 18.6. The van der Waals surface area contributed by atoms with Gasteiger partial charge in [-0.2, -0.15) is 0 Å². The van der Waals surface area contributed by atoms with E-state index in [-0.39, 0.29) is 36.5 Å². The van der Waals surface area contributed by atoms with Crippen LogP contribution in [0.15, 0.2) is 73.1 Å². The molecule has 0 aliphatic carbocycles. The molecule has 0 radical (unpaired) electrons. The molecule has 2 N–H and O–H groups in total. The second-order valence-electron chi connectivity index (χ2n) is 10.4. The SMILES string of the molecule is CC(C)(C)[Si](OC[C@@H]1CO[C@@H](C(=O)NCc2nccnc2Cl)CN1C(=O)O)(c1ccccc1)c1ccccc1. The molecule has 0 unspecified atom stereocenters. The van der Waals surface area contributed by atoms with Crippen molar-refractivity contribution in [1.29, 1.82) is 0 Å². The molecule has 0 spiro atoms. The topological polar surface area (TPSA) is 114 Å². The van der Waals surface area contributed by atoms with Gasteiger partial charge in [-0.05, 0) is 15.4 Å². The summed E-state index contributed by atoms with van der Waals surface area (Å²) in [6, 6.07) is 19.7. The quantitative estimate of drug-likeness (QED) is 0.401. The fourth-order valence-corrected chi connectivity index (χ4v) is 9.73. The molecule has 9 nitrogen and oxygen atoms in total. The molecular weight excluding hydrogens is 536 g/mol. The maximum atomic E-state index is 12.8. The fourth-order valence-electron chi connectivity index (χ4n) is 4.96. The Hall–Kier alpha value is -3.31. The third-order valence-electron chi connectivity index (χ3n) is 6.89. The minimum atomic E-state index is -2.87. The van der Waals surface area contributed by atoms with Crippen LogP contribution in [0.4, 0.5) is 4.79 Å². The molecule has 2 amide bonds. The van der Waals surface area contributed by atoms with Crippen LogP contribution in [0.5, 0.6) is 0 Å². The number of nitrogens with one attached hydrogen (secondary N) is 1. The van der Waals surface area contributed by atoms with Crippen LogP contribution in [0.25, 0.3) is 0 Å². The van der Waals surface area contributed by atoms with E-state index in [1.807, 2.05) is 36.4 Å². The number of amides is 2. The van der Waals surface area contributed by atoms with Crippen molar-refractivity contribution in [2.75, 3.05) is 19.8 Å². The average molecular weight is 569 g/mol. The van der Waals surface area contributed by atoms with E-state index in [1.165, 1.54) is 17.3 Å². The number of nitrogens with zero attached hydrogens (tertiary/aromatic N) is 3. The van der Waals surface area contributed by atoms with Crippen molar-refractivity contribution in [1.82, 2.24) is 20.2 Å². The summed E-state index contributed by atoms with van der Waals surface area (Å²) < 4.78 is 12.8. The van der Waals surface area contributed by atoms with Crippen molar-refractivity contribution in [2.45, 2.75) is 44.5 Å². The van der Waals surface area contributed by atoms with Gasteiger partial charge >= 0.3 is 6.09 Å². The van der Waals surface area contributed by atoms with Gasteiger partial charge in [0.1, 0.15) is 0 Å². The first kappa shape index (κ1) is 28.7. The summed E-state index contributed by atoms with van der Waals surface area (Å²) in [7, 11) is -2.87. The number of carboxylic acid groups (broad SMARTS) is 1. The summed E-state index contributed by atoms with van der Waals surface area (Å²) in [6.45, 7) is 6.57. The highest BCUT2D eigenvalue weighted by molar-refractivity contribution is 6.99. The number of carbonyl (C=O) groups excluding carboxylic acids is 1. The van der Waals surface area contributed by atoms with Gasteiger partial charge in [0.25, 0.3) is 14.2 Å². The average Bonchev–Trinajstić information content (AvgIpc) is 2.93. The largest absolute Gasteiger partial charge is 0.465 e. The second-order valence-corrected chi connectivity index (χ2v) is 15.1. The predicted octanol–water partition coefficient (Wildman–Crippen LogP) is 3.07. The van der Waals surface area contributed by atoms with Gasteiger partial charge in [0.05, 0.1) is 38.0 Å². The molecule has 1 aromatic heterocycles. The highest BCUT2D eigenvalue weighted by Crippen LogP contribution is 2.37. The highest BCUT2D eigenvalue weighted by Gasteiger charge is 2.51. The van der Waals surface area contributed by atoms with Crippen LogP contribution in [0.2, 0.25) is 10.2 Å². The van der Waals surface area contributed by atoms with Gasteiger partial charge in [-0.1, -0.05) is 93.0 Å². The lowest BCUT2D eigenvalue weighted by atomic mass is 10.2. The maximum Gasteiger partial charge on any atom is 0.407 e. The van der Waals surface area contributed by atoms with E-state index in [2.05, 4.69) is 60.3 Å². The summed E-state index contributed by atoms with van der Waals surface area (Å²) in [5, 5.41) is 14.9. The zero-order valence-corrected chi connectivity index (χ0v) is 24.0. The molecule has 1 aliphatic heterocycles. The number of benzene rings is 2. The summed E-state index contributed by atoms with van der Waals surface area (Å²) in [5.41, 5.74) is 0.412. The summed E-state index contributed by atoms with van der Waals surface area (Å²) >= 11 is 6.02. The Morgan fingerprint density at radius 3 is 2.21 bits per heavy atom. The number of hydrogen-bond donors (Lipinski definition) is 2. The number of hydrogen-bond acceptors (Lipinski definition) is 6. The van der Waals surface area contributed by atoms with Gasteiger partial charge in [-0.25, -0.2) is 9.78 Å². The third-order valence-corrected chi connectivity index (χ3v) is 12.2. The standard InChI is InChI=1S/C28H33ClN4O5Si/c1-28(2,3)39(21-10-6-4-7-11-21,22-12-8-5-9-13-22)38-19-20-18-37-24(17-33(20)27(35)36)26(34)32-16-23-25(29)31-15-14-30-23/h4-15,20,24H,16-19H2,1-3H3,(H,32,34)(H,35,36)/t20-,24+/m0/s1. The van der Waals surface area contributed by atoms with Crippen LogP contribution >= 0.6 is 11.6 Å². The Morgan fingerprint density at radius 2 is 1.67 bits per heavy atom. The van der Waals surface area contributed by atoms with Gasteiger partial charge in [0, 0.05) is 12.4 Å². The van der Waals surface area contributed by atoms with Crippen molar-refractivity contribution in [2.24, 2.45) is 0 Å². The normalized spacial score (nSPS) is 18.0. The van der Waals surface area contributed by atoms with E-state index < -0.39 is 32.5 Å². The number of aromatic nitrogens is 2. The van der Waals surface area contributed by atoms with E-state index in [4.69, 9.17) is 20.8 Å². The summed E-state index contributed by atoms with van der Waals surface area (Å²) in [6.07, 6.45) is 0.829. The van der Waals surface area contributed by atoms with Crippen LogP contribution in [0, 0.1) is 0 Å². The Bertz CT molecular complexity index is 1240. The lowest BCUT2D eigenvalue weighted by Gasteiger charge is -2.45. The first-order valence-corrected chi connectivity index (χ1v) is 15.0. The monoisotopic (exact) mass is 568 g/mol. The lowest BCUT2D eigenvalue weighted by Crippen LogP contribution is -2.68. The molecule has 2 atom stereocenters. The Kier molecular flexibility index (Phi) is 9.01. The van der Waals surface area contributed by atoms with E-state index in [0.717, 1.165) is 10.4 Å². The summed E-state index contributed by atoms with van der Waals surface area (Å²) in [4.78, 5) is 34.4. The predicted molar refractivity (Wildman–Crippen MR) is 151 cm³/mol. The molecule has 3 aromatic rings. The van der Waals surface area contributed by atoms with Crippen molar-refractivity contribution in [3.05, 3.63) is 83.9 Å². The fraction of sp³-hybridized carbons (Fsp3) is 0.357. The molecule has 1 aliphatic rings. The van der Waals surface area contributed by atoms with Gasteiger partial charge in [-0.3, -0.25) is 14.7 Å². The molecule has 11 heteroatoms. The van der Waals surface area contributed by atoms with E-state index in [0.29, 0.717) is 5.69 Å². The van der Waals surface area contributed by atoms with Gasteiger partial charge < -0.3 is 19.6 Å². The van der Waals surface area contributed by atoms with Gasteiger partial charge in [0.15, 0.2) is 11.3 Å². The number of halogens is 1. The molecule has 206 valence electrons. The molecule has 4 rings (SSSR count). The lowest BCUT2D eigenvalue weighted by molar-refractivity contribution is -0.141. The van der Waals surface area contributed by atoms with Crippen LogP contribution in [-0.2, 0) is 20.5 Å². The van der Waals surface area contributed by atoms with E-state index in [9.17, 15) is 14.7 Å². The minimum absolute atomic E-state index is 0.0223. The highest BCUT2D eigenvalue weighted by atomic mass is 35.5. The van der Waals surface area contributed by atoms with Crippen molar-refractivity contribution < 1.29 is 23.9 Å². The zero-order chi connectivity index (χ0) is 28.0. The maximum absolute atomic E-state index is 12.8. The molecule has 1 saturated heterocycles. The smallest absolute Gasteiger partial charge is 0.407 e. The van der Waals surface area contributed by atoms with Crippen LogP contribution in [0.1, 0.15) is 26.5 Å². The molecular formula is C28H33ClN4O5Si. The van der Waals surface area contributed by atoms with Crippen LogP contribution < -0.4 is 15.7 Å². The van der Waals surface area contributed by atoms with Crippen molar-refractivity contribution in [3.8, 4) is 0 Å². The van der Waals surface area contributed by atoms with Crippen molar-refractivity contribution >= 4 is 42.3 Å². The van der Waals surface area contributed by atoms with E-state index >= 15 is 0 Å². The van der Waals surface area contributed by atoms with Crippen LogP contribution in [0.3, 0.4) is 0 Å². The Labute approximate surface area is 234 Å². The third kappa shape index (κ3) is 6.30. The number of morpholine rings is 1. The molecule has 39 heavy (non-hydrogen) atoms. The Balaban J connectivity index is 1.52. The van der Waals surface area contributed by atoms with Crippen LogP contribution in [-0.4, -0.2) is 72.2 Å². The van der Waals surface area contributed by atoms with Gasteiger partial charge in [0.2, 0.25) is 0 Å². The number of ether oxygens (including phenoxy) is 1.